The lowest BCUT2D eigenvalue weighted by atomic mass is 10.3. The lowest BCUT2D eigenvalue weighted by Gasteiger charge is -2.32. The van der Waals surface area contributed by atoms with E-state index in [4.69, 9.17) is 5.73 Å². The van der Waals surface area contributed by atoms with E-state index in [0.29, 0.717) is 19.6 Å². The van der Waals surface area contributed by atoms with E-state index in [-0.39, 0.29) is 5.56 Å². The molecule has 1 aromatic heterocycles. The van der Waals surface area contributed by atoms with Gasteiger partial charge in [-0.2, -0.15) is 5.10 Å². The molecule has 0 spiro atoms. The van der Waals surface area contributed by atoms with E-state index >= 15 is 0 Å². The summed E-state index contributed by atoms with van der Waals surface area (Å²) in [6.07, 6.45) is 1.68. The molecular formula is C13H24N6O. The van der Waals surface area contributed by atoms with Crippen molar-refractivity contribution in [2.45, 2.75) is 6.54 Å². The third kappa shape index (κ3) is 4.29. The highest BCUT2D eigenvalue weighted by atomic mass is 16.1. The maximum absolute atomic E-state index is 11.9. The quantitative estimate of drug-likeness (QED) is 0.686. The van der Waals surface area contributed by atoms with Gasteiger partial charge in [-0.25, -0.2) is 4.68 Å². The van der Waals surface area contributed by atoms with Gasteiger partial charge in [0.15, 0.2) is 0 Å². The largest absolute Gasteiger partial charge is 0.382 e. The van der Waals surface area contributed by atoms with Crippen LogP contribution in [-0.2, 0) is 6.54 Å². The highest BCUT2D eigenvalue weighted by Crippen LogP contribution is 2.00. The number of rotatable bonds is 6. The maximum Gasteiger partial charge on any atom is 0.268 e. The molecule has 0 saturated carbocycles. The molecule has 1 saturated heterocycles. The van der Waals surface area contributed by atoms with Crippen molar-refractivity contribution < 1.29 is 0 Å². The fourth-order valence-electron chi connectivity index (χ4n) is 2.22. The van der Waals surface area contributed by atoms with Crippen molar-refractivity contribution >= 4 is 5.69 Å². The Balaban J connectivity index is 1.85. The summed E-state index contributed by atoms with van der Waals surface area (Å²) in [5.74, 6) is 0. The number of hydrogen-bond donors (Lipinski definition) is 2. The van der Waals surface area contributed by atoms with Gasteiger partial charge in [0.2, 0.25) is 0 Å². The molecular weight excluding hydrogens is 256 g/mol. The molecule has 112 valence electrons. The van der Waals surface area contributed by atoms with Gasteiger partial charge in [-0.15, -0.1) is 0 Å². The van der Waals surface area contributed by atoms with Gasteiger partial charge < -0.3 is 16.0 Å². The zero-order valence-corrected chi connectivity index (χ0v) is 12.1. The molecule has 7 heteroatoms. The van der Waals surface area contributed by atoms with Crippen LogP contribution in [0.15, 0.2) is 17.1 Å². The van der Waals surface area contributed by atoms with Crippen LogP contribution in [-0.4, -0.2) is 72.4 Å². The molecule has 2 rings (SSSR count). The first-order valence-corrected chi connectivity index (χ1v) is 7.11. The molecule has 20 heavy (non-hydrogen) atoms. The van der Waals surface area contributed by atoms with Crippen LogP contribution in [0.2, 0.25) is 0 Å². The second-order valence-corrected chi connectivity index (χ2v) is 5.17. The third-order valence-electron chi connectivity index (χ3n) is 3.57. The third-order valence-corrected chi connectivity index (χ3v) is 3.57. The molecule has 0 amide bonds. The summed E-state index contributed by atoms with van der Waals surface area (Å²) < 4.78 is 1.52. The van der Waals surface area contributed by atoms with Crippen LogP contribution in [0.5, 0.6) is 0 Å². The van der Waals surface area contributed by atoms with Crippen LogP contribution in [0.3, 0.4) is 0 Å². The molecule has 0 aliphatic carbocycles. The first-order valence-electron chi connectivity index (χ1n) is 7.11. The number of likely N-dealkylation sites (N-methyl/N-ethyl adjacent to an activating group) is 1. The highest BCUT2D eigenvalue weighted by molar-refractivity contribution is 5.38. The number of hydrogen-bond acceptors (Lipinski definition) is 6. The monoisotopic (exact) mass is 280 g/mol. The first kappa shape index (κ1) is 15.0. The van der Waals surface area contributed by atoms with Gasteiger partial charge in [0.25, 0.3) is 5.56 Å². The van der Waals surface area contributed by atoms with E-state index in [9.17, 15) is 4.79 Å². The summed E-state index contributed by atoms with van der Waals surface area (Å²) in [6.45, 7) is 6.98. The fourth-order valence-corrected chi connectivity index (χ4v) is 2.22. The van der Waals surface area contributed by atoms with Crippen molar-refractivity contribution in [1.82, 2.24) is 19.6 Å². The normalized spacial score (nSPS) is 17.3. The number of anilines is 1. The second-order valence-electron chi connectivity index (χ2n) is 5.17. The van der Waals surface area contributed by atoms with Crippen molar-refractivity contribution in [3.05, 3.63) is 22.6 Å². The van der Waals surface area contributed by atoms with Gasteiger partial charge in [-0.3, -0.25) is 9.69 Å². The van der Waals surface area contributed by atoms with Crippen molar-refractivity contribution in [2.75, 3.05) is 58.2 Å². The average Bonchev–Trinajstić information content (AvgIpc) is 2.46. The fraction of sp³-hybridized carbons (Fsp3) is 0.692. The molecule has 3 N–H and O–H groups in total. The van der Waals surface area contributed by atoms with Crippen molar-refractivity contribution in [1.29, 1.82) is 0 Å². The molecule has 0 radical (unpaired) electrons. The number of piperazine rings is 1. The second kappa shape index (κ2) is 7.37. The van der Waals surface area contributed by atoms with Crippen molar-refractivity contribution in [3.8, 4) is 0 Å². The zero-order chi connectivity index (χ0) is 14.4. The van der Waals surface area contributed by atoms with Gasteiger partial charge in [0, 0.05) is 51.9 Å². The van der Waals surface area contributed by atoms with E-state index < -0.39 is 0 Å². The Hall–Kier alpha value is -1.44. The molecule has 1 aliphatic heterocycles. The minimum absolute atomic E-state index is 0.0684. The van der Waals surface area contributed by atoms with Gasteiger partial charge in [-0.1, -0.05) is 0 Å². The number of nitrogens with zero attached hydrogens (tertiary/aromatic N) is 4. The first-order chi connectivity index (χ1) is 9.69. The summed E-state index contributed by atoms with van der Waals surface area (Å²) in [5, 5.41) is 7.25. The number of nitrogens with one attached hydrogen (secondary N) is 1. The Morgan fingerprint density at radius 1 is 1.30 bits per heavy atom. The molecule has 0 atom stereocenters. The van der Waals surface area contributed by atoms with E-state index in [1.807, 2.05) is 0 Å². The Kier molecular flexibility index (Phi) is 5.51. The topological polar surface area (TPSA) is 79.4 Å². The van der Waals surface area contributed by atoms with Crippen LogP contribution < -0.4 is 16.6 Å². The molecule has 1 aliphatic rings. The van der Waals surface area contributed by atoms with Crippen LogP contribution in [0.4, 0.5) is 5.69 Å². The van der Waals surface area contributed by atoms with E-state index in [1.165, 1.54) is 4.68 Å². The Morgan fingerprint density at radius 3 is 2.70 bits per heavy atom. The van der Waals surface area contributed by atoms with Crippen molar-refractivity contribution in [3.63, 3.8) is 0 Å². The summed E-state index contributed by atoms with van der Waals surface area (Å²) >= 11 is 0. The van der Waals surface area contributed by atoms with E-state index in [0.717, 1.165) is 38.4 Å². The molecule has 0 bridgehead atoms. The van der Waals surface area contributed by atoms with Crippen LogP contribution in [0.1, 0.15) is 0 Å². The van der Waals surface area contributed by atoms with Crippen LogP contribution in [0, 0.1) is 0 Å². The molecule has 7 nitrogen and oxygen atoms in total. The molecule has 1 fully saturated rings. The molecule has 1 aromatic rings. The van der Waals surface area contributed by atoms with Gasteiger partial charge in [-0.05, 0) is 7.05 Å². The average molecular weight is 280 g/mol. The lowest BCUT2D eigenvalue weighted by molar-refractivity contribution is 0.148. The summed E-state index contributed by atoms with van der Waals surface area (Å²) in [4.78, 5) is 16.6. The molecule has 2 heterocycles. The SMILES string of the molecule is CN1CCN(CCn2ncc(NCCN)cc2=O)CC1. The van der Waals surface area contributed by atoms with E-state index in [1.54, 1.807) is 12.3 Å². The zero-order valence-electron chi connectivity index (χ0n) is 12.1. The number of nitrogens with two attached hydrogens (primary N) is 1. The minimum Gasteiger partial charge on any atom is -0.382 e. The smallest absolute Gasteiger partial charge is 0.268 e. The Bertz CT molecular complexity index is 466. The molecule has 0 unspecified atom stereocenters. The van der Waals surface area contributed by atoms with Crippen LogP contribution in [0.25, 0.3) is 0 Å². The Morgan fingerprint density at radius 2 is 2.05 bits per heavy atom. The standard InChI is InChI=1S/C13H24N6O/c1-17-4-6-18(7-5-17)8-9-19-13(20)10-12(11-16-19)15-3-2-14/h10-11,15H,2-9,14H2,1H3. The summed E-state index contributed by atoms with van der Waals surface area (Å²) in [6, 6.07) is 1.58. The van der Waals surface area contributed by atoms with Gasteiger partial charge in [0.1, 0.15) is 0 Å². The number of aromatic nitrogens is 2. The summed E-state index contributed by atoms with van der Waals surface area (Å²) in [5.41, 5.74) is 6.07. The molecule has 0 aromatic carbocycles. The lowest BCUT2D eigenvalue weighted by Crippen LogP contribution is -2.46. The predicted molar refractivity (Wildman–Crippen MR) is 80.0 cm³/mol. The minimum atomic E-state index is -0.0684. The predicted octanol–water partition coefficient (Wildman–Crippen LogP) is -1.14. The highest BCUT2D eigenvalue weighted by Gasteiger charge is 2.13. The van der Waals surface area contributed by atoms with Crippen molar-refractivity contribution in [2.24, 2.45) is 5.73 Å². The van der Waals surface area contributed by atoms with Gasteiger partial charge in [0.05, 0.1) is 18.4 Å². The van der Waals surface area contributed by atoms with Crippen LogP contribution >= 0.6 is 0 Å². The van der Waals surface area contributed by atoms with Gasteiger partial charge >= 0.3 is 0 Å². The Labute approximate surface area is 119 Å². The summed E-state index contributed by atoms with van der Waals surface area (Å²) in [7, 11) is 2.14. The van der Waals surface area contributed by atoms with E-state index in [2.05, 4.69) is 27.3 Å². The maximum atomic E-state index is 11.9.